The van der Waals surface area contributed by atoms with E-state index in [1.807, 2.05) is 0 Å². The van der Waals surface area contributed by atoms with Gasteiger partial charge in [0.2, 0.25) is 0 Å². The van der Waals surface area contributed by atoms with Crippen molar-refractivity contribution in [2.24, 2.45) is 0 Å². The molecule has 0 saturated heterocycles. The van der Waals surface area contributed by atoms with Crippen molar-refractivity contribution in [3.05, 3.63) is 35.1 Å². The fourth-order valence-electron chi connectivity index (χ4n) is 1.31. The van der Waals surface area contributed by atoms with Crippen molar-refractivity contribution in [1.82, 2.24) is 0 Å². The van der Waals surface area contributed by atoms with Crippen LogP contribution in [0.15, 0.2) is 18.2 Å². The first-order valence-electron chi connectivity index (χ1n) is 4.80. The lowest BCUT2D eigenvalue weighted by atomic mass is 10.1. The molecule has 0 heterocycles. The van der Waals surface area contributed by atoms with Crippen LogP contribution in [0.3, 0.4) is 0 Å². The van der Waals surface area contributed by atoms with E-state index >= 15 is 0 Å². The molecule has 0 bridgehead atoms. The van der Waals surface area contributed by atoms with E-state index < -0.39 is 17.6 Å². The highest BCUT2D eigenvalue weighted by Crippen LogP contribution is 2.31. The first kappa shape index (κ1) is 13.3. The van der Waals surface area contributed by atoms with Crippen LogP contribution in [0.4, 0.5) is 17.6 Å². The topological polar surface area (TPSA) is 0 Å². The van der Waals surface area contributed by atoms with Crippen LogP contribution >= 0.6 is 11.6 Å². The molecule has 1 rings (SSSR count). The Labute approximate surface area is 96.2 Å². The monoisotopic (exact) mass is 254 g/mol. The quantitative estimate of drug-likeness (QED) is 0.554. The number of hydrogen-bond acceptors (Lipinski definition) is 0. The van der Waals surface area contributed by atoms with Gasteiger partial charge in [-0.1, -0.05) is 6.07 Å². The van der Waals surface area contributed by atoms with E-state index in [0.29, 0.717) is 18.4 Å². The molecule has 5 heteroatoms. The molecular formula is C11H11ClF4. The molecule has 1 unspecified atom stereocenters. The number of halogens is 5. The molecule has 0 aliphatic heterocycles. The molecule has 0 aromatic heterocycles. The summed E-state index contributed by atoms with van der Waals surface area (Å²) >= 11 is 5.70. The van der Waals surface area contributed by atoms with Gasteiger partial charge in [0.1, 0.15) is 5.82 Å². The third-order valence-corrected chi connectivity index (χ3v) is 2.39. The normalized spacial score (nSPS) is 13.9. The number of hydrogen-bond donors (Lipinski definition) is 0. The van der Waals surface area contributed by atoms with Gasteiger partial charge in [0.25, 0.3) is 0 Å². The van der Waals surface area contributed by atoms with E-state index in [9.17, 15) is 17.6 Å². The molecule has 0 aliphatic carbocycles. The first-order chi connectivity index (χ1) is 7.30. The molecule has 1 aromatic rings. The summed E-state index contributed by atoms with van der Waals surface area (Å²) in [7, 11) is 0. The predicted molar refractivity (Wildman–Crippen MR) is 55.0 cm³/mol. The molecule has 0 saturated carbocycles. The first-order valence-corrected chi connectivity index (χ1v) is 5.24. The van der Waals surface area contributed by atoms with Gasteiger partial charge in [0.05, 0.1) is 5.56 Å². The molecular weight excluding hydrogens is 244 g/mol. The Morgan fingerprint density at radius 1 is 1.31 bits per heavy atom. The Balaban J connectivity index is 2.83. The molecule has 0 fully saturated rings. The predicted octanol–water partition coefficient (Wildman–Crippen LogP) is 4.40. The van der Waals surface area contributed by atoms with E-state index in [-0.39, 0.29) is 5.38 Å². The maximum Gasteiger partial charge on any atom is 0.419 e. The molecule has 0 amide bonds. The third-order valence-electron chi connectivity index (χ3n) is 2.17. The Morgan fingerprint density at radius 2 is 1.94 bits per heavy atom. The van der Waals surface area contributed by atoms with Crippen LogP contribution in [0.2, 0.25) is 0 Å². The van der Waals surface area contributed by atoms with Gasteiger partial charge in [-0.3, -0.25) is 0 Å². The summed E-state index contributed by atoms with van der Waals surface area (Å²) in [6.07, 6.45) is -3.56. The SMILES string of the molecule is CC(Cl)CCc1ccc(C(F)(F)F)c(F)c1. The van der Waals surface area contributed by atoms with Crippen molar-refractivity contribution < 1.29 is 17.6 Å². The van der Waals surface area contributed by atoms with Crippen LogP contribution in [-0.4, -0.2) is 5.38 Å². The lowest BCUT2D eigenvalue weighted by Crippen LogP contribution is -2.08. The van der Waals surface area contributed by atoms with Crippen LogP contribution in [0, 0.1) is 5.82 Å². The number of alkyl halides is 4. The molecule has 1 atom stereocenters. The van der Waals surface area contributed by atoms with Gasteiger partial charge in [-0.25, -0.2) is 4.39 Å². The molecule has 0 aliphatic rings. The summed E-state index contributed by atoms with van der Waals surface area (Å²) in [6.45, 7) is 1.78. The molecule has 16 heavy (non-hydrogen) atoms. The van der Waals surface area contributed by atoms with Gasteiger partial charge < -0.3 is 0 Å². The Morgan fingerprint density at radius 3 is 2.38 bits per heavy atom. The summed E-state index contributed by atoms with van der Waals surface area (Å²) in [4.78, 5) is 0. The zero-order valence-corrected chi connectivity index (χ0v) is 9.37. The van der Waals surface area contributed by atoms with E-state index in [2.05, 4.69) is 0 Å². The standard InChI is InChI=1S/C11H11ClF4/c1-7(12)2-3-8-4-5-9(10(13)6-8)11(14,15)16/h4-7H,2-3H2,1H3. The average molecular weight is 255 g/mol. The van der Waals surface area contributed by atoms with E-state index in [1.54, 1.807) is 6.92 Å². The third kappa shape index (κ3) is 3.67. The second-order valence-electron chi connectivity index (χ2n) is 3.63. The highest BCUT2D eigenvalue weighted by Gasteiger charge is 2.33. The van der Waals surface area contributed by atoms with Crippen molar-refractivity contribution in [2.45, 2.75) is 31.3 Å². The molecule has 0 radical (unpaired) electrons. The zero-order chi connectivity index (χ0) is 12.3. The minimum Gasteiger partial charge on any atom is -0.206 e. The molecule has 90 valence electrons. The summed E-state index contributed by atoms with van der Waals surface area (Å²) in [5.41, 5.74) is -0.701. The minimum absolute atomic E-state index is 0.0784. The smallest absolute Gasteiger partial charge is 0.206 e. The van der Waals surface area contributed by atoms with E-state index in [0.717, 1.165) is 12.1 Å². The highest BCUT2D eigenvalue weighted by atomic mass is 35.5. The Hall–Kier alpha value is -0.770. The van der Waals surface area contributed by atoms with Gasteiger partial charge in [-0.15, -0.1) is 11.6 Å². The van der Waals surface area contributed by atoms with Gasteiger partial charge in [-0.05, 0) is 37.5 Å². The van der Waals surface area contributed by atoms with Crippen LogP contribution in [-0.2, 0) is 12.6 Å². The lowest BCUT2D eigenvalue weighted by Gasteiger charge is -2.09. The van der Waals surface area contributed by atoms with Gasteiger partial charge >= 0.3 is 6.18 Å². The van der Waals surface area contributed by atoms with Crippen molar-refractivity contribution in [3.8, 4) is 0 Å². The fourth-order valence-corrected chi connectivity index (χ4v) is 1.42. The van der Waals surface area contributed by atoms with Crippen molar-refractivity contribution >= 4 is 11.6 Å². The number of aryl methyl sites for hydroxylation is 1. The van der Waals surface area contributed by atoms with Crippen molar-refractivity contribution in [3.63, 3.8) is 0 Å². The van der Waals surface area contributed by atoms with Crippen molar-refractivity contribution in [1.29, 1.82) is 0 Å². The summed E-state index contributed by atoms with van der Waals surface area (Å²) in [5, 5.41) is -0.0784. The van der Waals surface area contributed by atoms with Crippen LogP contribution in [0.25, 0.3) is 0 Å². The van der Waals surface area contributed by atoms with E-state index in [4.69, 9.17) is 11.6 Å². The number of rotatable bonds is 3. The van der Waals surface area contributed by atoms with E-state index in [1.165, 1.54) is 6.07 Å². The molecule has 0 N–H and O–H groups in total. The van der Waals surface area contributed by atoms with Gasteiger partial charge in [-0.2, -0.15) is 13.2 Å². The molecule has 1 aromatic carbocycles. The van der Waals surface area contributed by atoms with Crippen molar-refractivity contribution in [2.75, 3.05) is 0 Å². The van der Waals surface area contributed by atoms with Gasteiger partial charge in [0.15, 0.2) is 0 Å². The summed E-state index contributed by atoms with van der Waals surface area (Å²) < 4.78 is 49.8. The van der Waals surface area contributed by atoms with Crippen LogP contribution < -0.4 is 0 Å². The lowest BCUT2D eigenvalue weighted by molar-refractivity contribution is -0.140. The highest BCUT2D eigenvalue weighted by molar-refractivity contribution is 6.20. The largest absolute Gasteiger partial charge is 0.419 e. The maximum absolute atomic E-state index is 13.1. The number of benzene rings is 1. The fraction of sp³-hybridized carbons (Fsp3) is 0.455. The van der Waals surface area contributed by atoms with Gasteiger partial charge in [0, 0.05) is 5.38 Å². The Kier molecular flexibility index (Phi) is 4.19. The Bertz CT molecular complexity index is 357. The zero-order valence-electron chi connectivity index (χ0n) is 8.61. The minimum atomic E-state index is -4.64. The molecule has 0 nitrogen and oxygen atoms in total. The second-order valence-corrected chi connectivity index (χ2v) is 4.38. The molecule has 0 spiro atoms. The summed E-state index contributed by atoms with van der Waals surface area (Å²) in [6, 6.07) is 2.97. The average Bonchev–Trinajstić information content (AvgIpc) is 2.12. The summed E-state index contributed by atoms with van der Waals surface area (Å²) in [5.74, 6) is -1.23. The maximum atomic E-state index is 13.1. The second kappa shape index (κ2) is 5.04. The van der Waals surface area contributed by atoms with Crippen LogP contribution in [0.1, 0.15) is 24.5 Å². The van der Waals surface area contributed by atoms with Crippen LogP contribution in [0.5, 0.6) is 0 Å².